The molecule has 0 amide bonds. The van der Waals surface area contributed by atoms with Crippen molar-refractivity contribution < 1.29 is 4.92 Å². The fourth-order valence-corrected chi connectivity index (χ4v) is 1.63. The van der Waals surface area contributed by atoms with Gasteiger partial charge in [0, 0.05) is 30.6 Å². The highest BCUT2D eigenvalue weighted by Crippen LogP contribution is 2.18. The van der Waals surface area contributed by atoms with E-state index in [1.54, 1.807) is 18.2 Å². The molecule has 0 bridgehead atoms. The molecule has 0 radical (unpaired) electrons. The van der Waals surface area contributed by atoms with E-state index in [9.17, 15) is 10.1 Å². The molecule has 5 heteroatoms. The van der Waals surface area contributed by atoms with E-state index in [2.05, 4.69) is 0 Å². The van der Waals surface area contributed by atoms with Gasteiger partial charge in [0.05, 0.1) is 4.92 Å². The summed E-state index contributed by atoms with van der Waals surface area (Å²) in [6, 6.07) is 6.76. The van der Waals surface area contributed by atoms with Crippen molar-refractivity contribution in [2.75, 3.05) is 19.5 Å². The average molecular weight is 229 g/mol. The summed E-state index contributed by atoms with van der Waals surface area (Å²) in [7, 11) is 1.89. The van der Waals surface area contributed by atoms with E-state index in [1.807, 2.05) is 11.9 Å². The Balaban J connectivity index is 2.79. The molecule has 0 aliphatic carbocycles. The van der Waals surface area contributed by atoms with Crippen LogP contribution < -0.4 is 0 Å². The van der Waals surface area contributed by atoms with Crippen LogP contribution in [0.1, 0.15) is 5.56 Å². The van der Waals surface area contributed by atoms with Crippen LogP contribution in [-0.4, -0.2) is 29.3 Å². The van der Waals surface area contributed by atoms with Gasteiger partial charge in [0.15, 0.2) is 0 Å². The van der Waals surface area contributed by atoms with Crippen LogP contribution in [0.2, 0.25) is 0 Å². The quantitative estimate of drug-likeness (QED) is 0.441. The van der Waals surface area contributed by atoms with Gasteiger partial charge >= 0.3 is 0 Å². The third kappa shape index (κ3) is 3.49. The molecule has 0 fully saturated rings. The summed E-state index contributed by atoms with van der Waals surface area (Å²) in [6.07, 6.45) is 0. The van der Waals surface area contributed by atoms with Gasteiger partial charge in [-0.15, -0.1) is 11.6 Å². The fraction of sp³-hybridized carbons (Fsp3) is 0.400. The number of hydrogen-bond acceptors (Lipinski definition) is 3. The van der Waals surface area contributed by atoms with Crippen molar-refractivity contribution in [1.29, 1.82) is 0 Å². The predicted molar refractivity (Wildman–Crippen MR) is 60.2 cm³/mol. The van der Waals surface area contributed by atoms with Gasteiger partial charge in [0.25, 0.3) is 5.69 Å². The van der Waals surface area contributed by atoms with Crippen LogP contribution in [0.15, 0.2) is 24.3 Å². The van der Waals surface area contributed by atoms with Gasteiger partial charge < -0.3 is 4.90 Å². The first kappa shape index (κ1) is 11.9. The molecule has 0 aliphatic rings. The molecule has 0 N–H and O–H groups in total. The number of alkyl halides is 1. The van der Waals surface area contributed by atoms with Crippen LogP contribution in [0.3, 0.4) is 0 Å². The van der Waals surface area contributed by atoms with Crippen molar-refractivity contribution in [3.8, 4) is 0 Å². The van der Waals surface area contributed by atoms with Crippen molar-refractivity contribution in [3.63, 3.8) is 0 Å². The molecular formula is C10H13ClN2O2. The Hall–Kier alpha value is -1.13. The number of rotatable bonds is 5. The average Bonchev–Trinajstić information content (AvgIpc) is 2.18. The third-order valence-electron chi connectivity index (χ3n) is 2.09. The second kappa shape index (κ2) is 5.68. The number of halogens is 1. The standard InChI is InChI=1S/C10H13ClN2O2/c1-12(7-6-11)8-9-4-2-3-5-10(9)13(14)15/h2-5H,6-8H2,1H3. The molecule has 0 atom stereocenters. The van der Waals surface area contributed by atoms with Crippen LogP contribution >= 0.6 is 11.6 Å². The van der Waals surface area contributed by atoms with Gasteiger partial charge in [-0.3, -0.25) is 10.1 Å². The van der Waals surface area contributed by atoms with Gasteiger partial charge in [0.2, 0.25) is 0 Å². The first-order chi connectivity index (χ1) is 7.15. The van der Waals surface area contributed by atoms with Gasteiger partial charge in [-0.2, -0.15) is 0 Å². The van der Waals surface area contributed by atoms with Gasteiger partial charge in [-0.05, 0) is 7.05 Å². The lowest BCUT2D eigenvalue weighted by Crippen LogP contribution is -2.20. The molecule has 0 aromatic heterocycles. The van der Waals surface area contributed by atoms with E-state index < -0.39 is 0 Å². The summed E-state index contributed by atoms with van der Waals surface area (Å²) in [6.45, 7) is 1.26. The monoisotopic (exact) mass is 228 g/mol. The van der Waals surface area contributed by atoms with Crippen molar-refractivity contribution in [3.05, 3.63) is 39.9 Å². The van der Waals surface area contributed by atoms with E-state index in [0.29, 0.717) is 19.0 Å². The Morgan fingerprint density at radius 3 is 2.73 bits per heavy atom. The van der Waals surface area contributed by atoms with E-state index >= 15 is 0 Å². The molecule has 0 heterocycles. The van der Waals surface area contributed by atoms with Crippen LogP contribution in [0.25, 0.3) is 0 Å². The van der Waals surface area contributed by atoms with Crippen molar-refractivity contribution >= 4 is 17.3 Å². The molecule has 1 rings (SSSR count). The molecule has 15 heavy (non-hydrogen) atoms. The smallest absolute Gasteiger partial charge is 0.273 e. The van der Waals surface area contributed by atoms with Crippen LogP contribution in [0.5, 0.6) is 0 Å². The number of nitrogens with zero attached hydrogens (tertiary/aromatic N) is 2. The second-order valence-corrected chi connectivity index (χ2v) is 3.69. The third-order valence-corrected chi connectivity index (χ3v) is 2.26. The van der Waals surface area contributed by atoms with Gasteiger partial charge in [0.1, 0.15) is 0 Å². The Bertz CT molecular complexity index is 344. The number of nitro groups is 1. The summed E-state index contributed by atoms with van der Waals surface area (Å²) >= 11 is 5.59. The zero-order valence-electron chi connectivity index (χ0n) is 8.52. The zero-order chi connectivity index (χ0) is 11.3. The zero-order valence-corrected chi connectivity index (χ0v) is 9.28. The summed E-state index contributed by atoms with van der Waals surface area (Å²) in [5.74, 6) is 0.525. The molecule has 1 aromatic carbocycles. The van der Waals surface area contributed by atoms with Gasteiger partial charge in [-0.25, -0.2) is 0 Å². The maximum Gasteiger partial charge on any atom is 0.273 e. The first-order valence-corrected chi connectivity index (χ1v) is 5.15. The Morgan fingerprint density at radius 2 is 2.13 bits per heavy atom. The lowest BCUT2D eigenvalue weighted by atomic mass is 10.2. The highest BCUT2D eigenvalue weighted by atomic mass is 35.5. The summed E-state index contributed by atoms with van der Waals surface area (Å²) in [4.78, 5) is 12.3. The highest BCUT2D eigenvalue weighted by molar-refractivity contribution is 6.18. The summed E-state index contributed by atoms with van der Waals surface area (Å²) < 4.78 is 0. The number of benzene rings is 1. The predicted octanol–water partition coefficient (Wildman–Crippen LogP) is 2.27. The largest absolute Gasteiger partial charge is 0.301 e. The Labute approximate surface area is 93.6 Å². The van der Waals surface area contributed by atoms with E-state index in [1.165, 1.54) is 6.07 Å². The van der Waals surface area contributed by atoms with Crippen molar-refractivity contribution in [2.24, 2.45) is 0 Å². The van der Waals surface area contributed by atoms with Crippen molar-refractivity contribution in [1.82, 2.24) is 4.90 Å². The van der Waals surface area contributed by atoms with E-state index in [0.717, 1.165) is 5.56 Å². The fourth-order valence-electron chi connectivity index (χ4n) is 1.34. The molecule has 0 saturated heterocycles. The Kier molecular flexibility index (Phi) is 4.52. The maximum absolute atomic E-state index is 10.7. The SMILES string of the molecule is CN(CCCl)Cc1ccccc1[N+](=O)[O-]. The minimum Gasteiger partial charge on any atom is -0.301 e. The van der Waals surface area contributed by atoms with Crippen molar-refractivity contribution in [2.45, 2.75) is 6.54 Å². The van der Waals surface area contributed by atoms with E-state index in [-0.39, 0.29) is 10.6 Å². The molecular weight excluding hydrogens is 216 g/mol. The van der Waals surface area contributed by atoms with Crippen LogP contribution in [0.4, 0.5) is 5.69 Å². The lowest BCUT2D eigenvalue weighted by Gasteiger charge is -2.14. The Morgan fingerprint density at radius 1 is 1.47 bits per heavy atom. The van der Waals surface area contributed by atoms with E-state index in [4.69, 9.17) is 11.6 Å². The topological polar surface area (TPSA) is 46.4 Å². The van der Waals surface area contributed by atoms with Crippen LogP contribution in [0, 0.1) is 10.1 Å². The molecule has 0 unspecified atom stereocenters. The molecule has 4 nitrogen and oxygen atoms in total. The van der Waals surface area contributed by atoms with Crippen LogP contribution in [-0.2, 0) is 6.54 Å². The minimum atomic E-state index is -0.357. The number of para-hydroxylation sites is 1. The first-order valence-electron chi connectivity index (χ1n) is 4.62. The molecule has 0 saturated carbocycles. The maximum atomic E-state index is 10.7. The lowest BCUT2D eigenvalue weighted by molar-refractivity contribution is -0.385. The summed E-state index contributed by atoms with van der Waals surface area (Å²) in [5.41, 5.74) is 0.883. The second-order valence-electron chi connectivity index (χ2n) is 3.31. The molecule has 0 spiro atoms. The number of hydrogen-bond donors (Lipinski definition) is 0. The highest BCUT2D eigenvalue weighted by Gasteiger charge is 2.13. The summed E-state index contributed by atoms with van der Waals surface area (Å²) in [5, 5.41) is 10.7. The molecule has 0 aliphatic heterocycles. The minimum absolute atomic E-state index is 0.166. The molecule has 82 valence electrons. The normalized spacial score (nSPS) is 10.6. The van der Waals surface area contributed by atoms with Gasteiger partial charge in [-0.1, -0.05) is 18.2 Å². The number of nitro benzene ring substituents is 1. The molecule has 1 aromatic rings.